The summed E-state index contributed by atoms with van der Waals surface area (Å²) in [6.45, 7) is 0. The van der Waals surface area contributed by atoms with E-state index in [4.69, 9.17) is 4.74 Å². The van der Waals surface area contributed by atoms with Gasteiger partial charge in [-0.2, -0.15) is 0 Å². The second-order valence-electron chi connectivity index (χ2n) is 4.01. The third-order valence-electron chi connectivity index (χ3n) is 3.28. The molecule has 0 spiro atoms. The fraction of sp³-hybridized carbons (Fsp3) is 0.818. The van der Waals surface area contributed by atoms with E-state index in [-0.39, 0.29) is 0 Å². The van der Waals surface area contributed by atoms with Gasteiger partial charge in [0.25, 0.3) is 0 Å². The van der Waals surface area contributed by atoms with Crippen molar-refractivity contribution in [1.29, 1.82) is 0 Å². The monoisotopic (exact) mass is 166 g/mol. The topological polar surface area (TPSA) is 9.23 Å². The highest BCUT2D eigenvalue weighted by Gasteiger charge is 2.22. The van der Waals surface area contributed by atoms with Crippen LogP contribution < -0.4 is 0 Å². The molecule has 0 radical (unpaired) electrons. The van der Waals surface area contributed by atoms with Gasteiger partial charge in [0.05, 0.1) is 6.10 Å². The van der Waals surface area contributed by atoms with Gasteiger partial charge in [-0.05, 0) is 44.9 Å². The Hall–Kier alpha value is -0.300. The van der Waals surface area contributed by atoms with Gasteiger partial charge in [0.1, 0.15) is 0 Å². The van der Waals surface area contributed by atoms with Gasteiger partial charge >= 0.3 is 0 Å². The van der Waals surface area contributed by atoms with E-state index in [2.05, 4.69) is 0 Å². The van der Waals surface area contributed by atoms with Crippen molar-refractivity contribution in [2.24, 2.45) is 0 Å². The summed E-state index contributed by atoms with van der Waals surface area (Å²) in [7, 11) is 1.85. The number of hydrogen-bond donors (Lipinski definition) is 0. The molecule has 1 heteroatoms. The van der Waals surface area contributed by atoms with E-state index in [0.29, 0.717) is 6.10 Å². The van der Waals surface area contributed by atoms with Crippen molar-refractivity contribution in [2.45, 2.75) is 51.0 Å². The van der Waals surface area contributed by atoms with Crippen LogP contribution in [0.2, 0.25) is 0 Å². The molecule has 12 heavy (non-hydrogen) atoms. The molecule has 0 amide bonds. The number of allylic oxidation sites excluding steroid dienone is 1. The van der Waals surface area contributed by atoms with Crippen LogP contribution in [0.25, 0.3) is 0 Å². The molecule has 2 aliphatic rings. The van der Waals surface area contributed by atoms with Crippen LogP contribution in [0.15, 0.2) is 11.1 Å². The lowest BCUT2D eigenvalue weighted by Gasteiger charge is -2.29. The molecule has 0 N–H and O–H groups in total. The van der Waals surface area contributed by atoms with Gasteiger partial charge in [-0.3, -0.25) is 0 Å². The van der Waals surface area contributed by atoms with Crippen molar-refractivity contribution in [1.82, 2.24) is 0 Å². The van der Waals surface area contributed by atoms with Crippen LogP contribution in [0, 0.1) is 0 Å². The summed E-state index contributed by atoms with van der Waals surface area (Å²) in [5.74, 6) is 0. The Morgan fingerprint density at radius 1 is 1.08 bits per heavy atom. The Kier molecular flexibility index (Phi) is 2.50. The first-order valence-corrected chi connectivity index (χ1v) is 5.12. The molecule has 68 valence electrons. The minimum absolute atomic E-state index is 0.529. The number of methoxy groups -OCH3 is 1. The molecule has 0 saturated carbocycles. The van der Waals surface area contributed by atoms with E-state index in [1.165, 1.54) is 44.9 Å². The normalized spacial score (nSPS) is 30.2. The Morgan fingerprint density at radius 2 is 1.83 bits per heavy atom. The zero-order valence-electron chi connectivity index (χ0n) is 7.94. The maximum absolute atomic E-state index is 5.41. The molecule has 1 nitrogen and oxygen atoms in total. The molecule has 2 rings (SSSR count). The molecule has 1 atom stereocenters. The lowest BCUT2D eigenvalue weighted by Crippen LogP contribution is -2.19. The maximum atomic E-state index is 5.41. The van der Waals surface area contributed by atoms with Gasteiger partial charge in [-0.25, -0.2) is 0 Å². The van der Waals surface area contributed by atoms with E-state index in [9.17, 15) is 0 Å². The first-order chi connectivity index (χ1) is 5.90. The molecule has 0 heterocycles. The largest absolute Gasteiger partial charge is 0.381 e. The fourth-order valence-corrected chi connectivity index (χ4v) is 2.49. The average Bonchev–Trinajstić information content (AvgIpc) is 2.17. The van der Waals surface area contributed by atoms with E-state index < -0.39 is 0 Å². The van der Waals surface area contributed by atoms with Crippen LogP contribution in [0.5, 0.6) is 0 Å². The lowest BCUT2D eigenvalue weighted by atomic mass is 9.81. The predicted molar refractivity (Wildman–Crippen MR) is 50.1 cm³/mol. The molecule has 0 bridgehead atoms. The van der Waals surface area contributed by atoms with Crippen LogP contribution in [0.3, 0.4) is 0 Å². The highest BCUT2D eigenvalue weighted by Crippen LogP contribution is 2.36. The molecule has 0 fully saturated rings. The Morgan fingerprint density at radius 3 is 2.58 bits per heavy atom. The second-order valence-corrected chi connectivity index (χ2v) is 4.01. The molecule has 0 aliphatic heterocycles. The Balaban J connectivity index is 2.05. The molecular weight excluding hydrogens is 148 g/mol. The average molecular weight is 166 g/mol. The molecule has 2 aliphatic carbocycles. The smallest absolute Gasteiger partial charge is 0.0611 e. The number of rotatable bonds is 1. The van der Waals surface area contributed by atoms with E-state index in [1.807, 2.05) is 7.11 Å². The molecule has 0 saturated heterocycles. The number of ether oxygens (including phenoxy) is 1. The summed E-state index contributed by atoms with van der Waals surface area (Å²) in [6.07, 6.45) is 9.91. The predicted octanol–water partition coefficient (Wildman–Crippen LogP) is 3.06. The number of hydrogen-bond acceptors (Lipinski definition) is 1. The van der Waals surface area contributed by atoms with E-state index in [1.54, 1.807) is 11.1 Å². The SMILES string of the molecule is COC1CCC2=C(CCCC2)C1. The summed E-state index contributed by atoms with van der Waals surface area (Å²) >= 11 is 0. The lowest BCUT2D eigenvalue weighted by molar-refractivity contribution is 0.0888. The summed E-state index contributed by atoms with van der Waals surface area (Å²) in [5.41, 5.74) is 3.51. The van der Waals surface area contributed by atoms with Gasteiger partial charge < -0.3 is 4.74 Å². The van der Waals surface area contributed by atoms with Crippen LogP contribution in [0.1, 0.15) is 44.9 Å². The van der Waals surface area contributed by atoms with Crippen molar-refractivity contribution in [3.05, 3.63) is 11.1 Å². The van der Waals surface area contributed by atoms with Gasteiger partial charge in [0, 0.05) is 7.11 Å². The van der Waals surface area contributed by atoms with Crippen molar-refractivity contribution >= 4 is 0 Å². The summed E-state index contributed by atoms with van der Waals surface area (Å²) in [4.78, 5) is 0. The van der Waals surface area contributed by atoms with Crippen molar-refractivity contribution < 1.29 is 4.74 Å². The van der Waals surface area contributed by atoms with Crippen LogP contribution in [-0.4, -0.2) is 13.2 Å². The Labute approximate surface area is 74.8 Å². The van der Waals surface area contributed by atoms with Crippen LogP contribution in [-0.2, 0) is 4.74 Å². The zero-order chi connectivity index (χ0) is 8.39. The molecular formula is C11H18O. The summed E-state index contributed by atoms with van der Waals surface area (Å²) < 4.78 is 5.41. The quantitative estimate of drug-likeness (QED) is 0.544. The van der Waals surface area contributed by atoms with Crippen LogP contribution >= 0.6 is 0 Å². The third kappa shape index (κ3) is 1.56. The standard InChI is InChI=1S/C11H18O/c1-12-11-7-6-9-4-2-3-5-10(9)8-11/h11H,2-8H2,1H3. The van der Waals surface area contributed by atoms with Crippen molar-refractivity contribution in [2.75, 3.05) is 7.11 Å². The zero-order valence-corrected chi connectivity index (χ0v) is 7.94. The van der Waals surface area contributed by atoms with Gasteiger partial charge in [-0.15, -0.1) is 0 Å². The maximum Gasteiger partial charge on any atom is 0.0611 e. The Bertz CT molecular complexity index is 193. The van der Waals surface area contributed by atoms with Gasteiger partial charge in [0.2, 0.25) is 0 Å². The first-order valence-electron chi connectivity index (χ1n) is 5.12. The first kappa shape index (κ1) is 8.31. The van der Waals surface area contributed by atoms with Gasteiger partial charge in [0.15, 0.2) is 0 Å². The second kappa shape index (κ2) is 3.61. The highest BCUT2D eigenvalue weighted by atomic mass is 16.5. The highest BCUT2D eigenvalue weighted by molar-refractivity contribution is 5.20. The third-order valence-corrected chi connectivity index (χ3v) is 3.28. The fourth-order valence-electron chi connectivity index (χ4n) is 2.49. The molecule has 0 aromatic rings. The molecule has 0 aromatic carbocycles. The van der Waals surface area contributed by atoms with Crippen molar-refractivity contribution in [3.63, 3.8) is 0 Å². The van der Waals surface area contributed by atoms with Crippen LogP contribution in [0.4, 0.5) is 0 Å². The minimum atomic E-state index is 0.529. The summed E-state index contributed by atoms with van der Waals surface area (Å²) in [6, 6.07) is 0. The molecule has 1 unspecified atom stereocenters. The van der Waals surface area contributed by atoms with E-state index >= 15 is 0 Å². The van der Waals surface area contributed by atoms with Crippen molar-refractivity contribution in [3.8, 4) is 0 Å². The molecule has 0 aromatic heterocycles. The van der Waals surface area contributed by atoms with E-state index in [0.717, 1.165) is 0 Å². The minimum Gasteiger partial charge on any atom is -0.381 e. The van der Waals surface area contributed by atoms with Gasteiger partial charge in [-0.1, -0.05) is 11.1 Å². The summed E-state index contributed by atoms with van der Waals surface area (Å²) in [5, 5.41) is 0.